The summed E-state index contributed by atoms with van der Waals surface area (Å²) < 4.78 is 29.0. The van der Waals surface area contributed by atoms with Crippen LogP contribution < -0.4 is 0 Å². The molecule has 0 N–H and O–H groups in total. The molecule has 0 saturated heterocycles. The average Bonchev–Trinajstić information content (AvgIpc) is 3.27. The van der Waals surface area contributed by atoms with Crippen LogP contribution in [0, 0.1) is 5.82 Å². The van der Waals surface area contributed by atoms with Gasteiger partial charge >= 0.3 is 0 Å². The number of aromatic nitrogens is 5. The van der Waals surface area contributed by atoms with Gasteiger partial charge in [-0.1, -0.05) is 22.7 Å². The second-order valence-corrected chi connectivity index (χ2v) is 6.35. The van der Waals surface area contributed by atoms with E-state index < -0.39 is 11.7 Å². The van der Waals surface area contributed by atoms with E-state index in [9.17, 15) is 13.7 Å². The van der Waals surface area contributed by atoms with E-state index in [2.05, 4.69) is 20.1 Å². The minimum atomic E-state index is -0.780. The lowest BCUT2D eigenvalue weighted by atomic mass is 10.1. The molecule has 4 rings (SSSR count). The molecule has 0 unspecified atom stereocenters. The Morgan fingerprint density at radius 2 is 1.80 bits per heavy atom. The SMILES string of the molecule is O=C(c1ccccc1-c1ncccn1)N(F)CCc1ccn(-c2ccc(F)cn2)n1. The third-order valence-electron chi connectivity index (χ3n) is 4.34. The van der Waals surface area contributed by atoms with Gasteiger partial charge in [-0.2, -0.15) is 10.2 Å². The summed E-state index contributed by atoms with van der Waals surface area (Å²) in [5.74, 6) is -0.440. The Morgan fingerprint density at radius 3 is 2.57 bits per heavy atom. The average molecular weight is 406 g/mol. The highest BCUT2D eigenvalue weighted by Gasteiger charge is 2.20. The maximum absolute atomic E-state index is 14.6. The summed E-state index contributed by atoms with van der Waals surface area (Å²) in [4.78, 5) is 24.9. The first-order valence-electron chi connectivity index (χ1n) is 9.12. The molecule has 3 heterocycles. The zero-order chi connectivity index (χ0) is 20.9. The fraction of sp³-hybridized carbons (Fsp3) is 0.0952. The molecule has 0 saturated carbocycles. The normalized spacial score (nSPS) is 10.7. The molecular formula is C21H16F2N6O. The Morgan fingerprint density at radius 1 is 1.00 bits per heavy atom. The Hall–Kier alpha value is -4.01. The molecule has 0 spiro atoms. The van der Waals surface area contributed by atoms with Crippen LogP contribution in [-0.4, -0.2) is 42.3 Å². The van der Waals surface area contributed by atoms with Gasteiger partial charge in [0.1, 0.15) is 5.82 Å². The number of benzene rings is 1. The van der Waals surface area contributed by atoms with E-state index in [0.717, 1.165) is 6.20 Å². The minimum absolute atomic E-state index is 0.150. The minimum Gasteiger partial charge on any atom is -0.266 e. The standard InChI is InChI=1S/C21H16F2N6O/c22-15-6-7-19(26-14-15)29-13-9-16(27-29)8-12-28(23)21(30)18-5-2-1-4-17(18)20-24-10-3-11-25-20/h1-7,9-11,13-14H,8,12H2. The van der Waals surface area contributed by atoms with E-state index in [1.807, 2.05) is 0 Å². The van der Waals surface area contributed by atoms with Gasteiger partial charge in [0.2, 0.25) is 0 Å². The van der Waals surface area contributed by atoms with Crippen LogP contribution in [0.25, 0.3) is 17.2 Å². The highest BCUT2D eigenvalue weighted by atomic mass is 19.2. The van der Waals surface area contributed by atoms with Crippen molar-refractivity contribution in [2.45, 2.75) is 6.42 Å². The number of hydrogen-bond acceptors (Lipinski definition) is 5. The number of halogens is 2. The van der Waals surface area contributed by atoms with Crippen molar-refractivity contribution in [2.75, 3.05) is 6.54 Å². The highest BCUT2D eigenvalue weighted by Crippen LogP contribution is 2.21. The Kier molecular flexibility index (Phi) is 5.51. The molecule has 0 aliphatic rings. The van der Waals surface area contributed by atoms with Gasteiger partial charge in [-0.25, -0.2) is 24.0 Å². The van der Waals surface area contributed by atoms with Gasteiger partial charge in [0, 0.05) is 30.6 Å². The second kappa shape index (κ2) is 8.56. The Labute approximate surface area is 170 Å². The lowest BCUT2D eigenvalue weighted by molar-refractivity contribution is 0.0202. The van der Waals surface area contributed by atoms with Crippen molar-refractivity contribution >= 4 is 5.91 Å². The molecule has 0 aliphatic carbocycles. The molecule has 9 heteroatoms. The smallest absolute Gasteiger partial charge is 0.266 e. The number of carbonyl (C=O) groups is 1. The maximum atomic E-state index is 14.6. The van der Waals surface area contributed by atoms with Crippen molar-refractivity contribution in [1.29, 1.82) is 0 Å². The fourth-order valence-corrected chi connectivity index (χ4v) is 2.87. The lowest BCUT2D eigenvalue weighted by Crippen LogP contribution is -2.25. The molecule has 0 atom stereocenters. The van der Waals surface area contributed by atoms with E-state index in [-0.39, 0.29) is 23.7 Å². The lowest BCUT2D eigenvalue weighted by Gasteiger charge is -2.13. The summed E-state index contributed by atoms with van der Waals surface area (Å²) in [7, 11) is 0. The number of pyridine rings is 1. The molecule has 150 valence electrons. The zero-order valence-electron chi connectivity index (χ0n) is 15.7. The number of rotatable bonds is 6. The first kappa shape index (κ1) is 19.3. The van der Waals surface area contributed by atoms with Crippen molar-refractivity contribution in [3.8, 4) is 17.2 Å². The van der Waals surface area contributed by atoms with Crippen molar-refractivity contribution in [1.82, 2.24) is 29.9 Å². The van der Waals surface area contributed by atoms with Crippen molar-refractivity contribution < 1.29 is 13.7 Å². The fourth-order valence-electron chi connectivity index (χ4n) is 2.87. The van der Waals surface area contributed by atoms with Crippen LogP contribution in [-0.2, 0) is 6.42 Å². The summed E-state index contributed by atoms with van der Waals surface area (Å²) in [5, 5.41) is 4.44. The van der Waals surface area contributed by atoms with E-state index in [1.165, 1.54) is 22.9 Å². The van der Waals surface area contributed by atoms with Crippen molar-refractivity contribution in [3.63, 3.8) is 0 Å². The van der Waals surface area contributed by atoms with Crippen molar-refractivity contribution in [2.24, 2.45) is 0 Å². The highest BCUT2D eigenvalue weighted by molar-refractivity contribution is 5.99. The van der Waals surface area contributed by atoms with E-state index in [4.69, 9.17) is 0 Å². The van der Waals surface area contributed by atoms with Crippen LogP contribution in [0.2, 0.25) is 0 Å². The van der Waals surface area contributed by atoms with Crippen molar-refractivity contribution in [3.05, 3.63) is 90.4 Å². The largest absolute Gasteiger partial charge is 0.282 e. The first-order valence-corrected chi connectivity index (χ1v) is 9.12. The van der Waals surface area contributed by atoms with Gasteiger partial charge in [-0.3, -0.25) is 4.79 Å². The molecule has 0 radical (unpaired) electrons. The molecule has 0 aliphatic heterocycles. The number of hydrogen-bond donors (Lipinski definition) is 0. The first-order chi connectivity index (χ1) is 14.6. The molecule has 1 aromatic carbocycles. The van der Waals surface area contributed by atoms with Crippen LogP contribution >= 0.6 is 0 Å². The maximum Gasteiger partial charge on any atom is 0.282 e. The van der Waals surface area contributed by atoms with E-state index in [1.54, 1.807) is 48.9 Å². The van der Waals surface area contributed by atoms with Gasteiger partial charge in [-0.05, 0) is 30.3 Å². The monoisotopic (exact) mass is 406 g/mol. The molecule has 0 fully saturated rings. The second-order valence-electron chi connectivity index (χ2n) is 6.35. The molecule has 1 amide bonds. The van der Waals surface area contributed by atoms with Gasteiger partial charge in [0.15, 0.2) is 11.6 Å². The predicted octanol–water partition coefficient (Wildman–Crippen LogP) is 3.43. The van der Waals surface area contributed by atoms with Gasteiger partial charge in [-0.15, -0.1) is 0 Å². The topological polar surface area (TPSA) is 76.8 Å². The van der Waals surface area contributed by atoms with Crippen LogP contribution in [0.4, 0.5) is 8.87 Å². The molecule has 7 nitrogen and oxygen atoms in total. The third-order valence-corrected chi connectivity index (χ3v) is 4.34. The Balaban J connectivity index is 1.45. The summed E-state index contributed by atoms with van der Waals surface area (Å²) >= 11 is 0. The Bertz CT molecular complexity index is 1150. The number of amides is 1. The van der Waals surface area contributed by atoms with Gasteiger partial charge in [0.25, 0.3) is 5.91 Å². The zero-order valence-corrected chi connectivity index (χ0v) is 15.7. The quantitative estimate of drug-likeness (QED) is 0.459. The van der Waals surface area contributed by atoms with E-state index >= 15 is 0 Å². The van der Waals surface area contributed by atoms with Gasteiger partial charge < -0.3 is 0 Å². The summed E-state index contributed by atoms with van der Waals surface area (Å²) in [5.41, 5.74) is 1.20. The number of carbonyl (C=O) groups excluding carboxylic acids is 1. The van der Waals surface area contributed by atoms with Crippen LogP contribution in [0.3, 0.4) is 0 Å². The summed E-state index contributed by atoms with van der Waals surface area (Å²) in [6.45, 7) is -0.184. The molecule has 30 heavy (non-hydrogen) atoms. The number of nitrogens with zero attached hydrogens (tertiary/aromatic N) is 6. The van der Waals surface area contributed by atoms with Gasteiger partial charge in [0.05, 0.1) is 24.0 Å². The molecular weight excluding hydrogens is 390 g/mol. The summed E-state index contributed by atoms with van der Waals surface area (Å²) in [6, 6.07) is 12.7. The molecule has 0 bridgehead atoms. The van der Waals surface area contributed by atoms with Crippen LogP contribution in [0.15, 0.2) is 73.3 Å². The van der Waals surface area contributed by atoms with E-state index in [0.29, 0.717) is 22.9 Å². The summed E-state index contributed by atoms with van der Waals surface area (Å²) in [6.07, 6.45) is 6.04. The predicted molar refractivity (Wildman–Crippen MR) is 105 cm³/mol. The van der Waals surface area contributed by atoms with Crippen LogP contribution in [0.1, 0.15) is 16.1 Å². The van der Waals surface area contributed by atoms with Crippen LogP contribution in [0.5, 0.6) is 0 Å². The molecule has 3 aromatic heterocycles. The molecule has 4 aromatic rings. The third kappa shape index (κ3) is 4.19.